The van der Waals surface area contributed by atoms with Gasteiger partial charge in [-0.15, -0.1) is 0 Å². The largest absolute Gasteiger partial charge is 0.370 e. The summed E-state index contributed by atoms with van der Waals surface area (Å²) in [5.41, 5.74) is 99.1. The van der Waals surface area contributed by atoms with E-state index < -0.39 is 179 Å². The zero-order chi connectivity index (χ0) is 97.3. The van der Waals surface area contributed by atoms with Crippen molar-refractivity contribution in [3.63, 3.8) is 0 Å². The number of hydrogen-bond acceptors (Lipinski definition) is 26. The van der Waals surface area contributed by atoms with E-state index in [1.807, 2.05) is 0 Å². The molecule has 0 spiro atoms. The van der Waals surface area contributed by atoms with E-state index in [0.29, 0.717) is 0 Å². The Bertz CT molecular complexity index is 3670. The second-order valence-electron chi connectivity index (χ2n) is 28.9. The molecule has 0 unspecified atom stereocenters. The molecule has 0 heterocycles. The van der Waals surface area contributed by atoms with Crippen LogP contribution < -0.4 is 178 Å². The van der Waals surface area contributed by atoms with Crippen LogP contribution in [0.5, 0.6) is 0 Å². The molecular formula is C70H134N40O16S2. The van der Waals surface area contributed by atoms with E-state index >= 15 is 0 Å². The Morgan fingerprint density at radius 2 is 0.344 bits per heavy atom. The lowest BCUT2D eigenvalue weighted by atomic mass is 10.0. The maximum absolute atomic E-state index is 14.5. The standard InChI is InChI=1S/C70H134N40O16S2/c1-33(51(115)103-39(49(71)113)15-7-23-89-63(73)74)97-55(119)41(17-9-25-91-65(77)78)107-59(123)45(21-13-29-95-69(85)86)109-57(121)43(19-11-27-93-67(81)82)105-53(117)35(3)99-61(125)47(101-37(5)111)31-127-128-32-48(102-38(6)112)62(126)100-36(4)54(118)106-44(20-12-28-94-68(83)84)58(122)110-46(22-14-30-96-70(87)88)60(124)108-42(18-10-26-92-66(79)80)56(120)98-34(2)52(116)104-40(50(72)114)16-8-24-90-64(75)76/h33-36,39-48H,7-32H2,1-6H3,(H2,71,113)(H2,72,114)(H,97,119)(H,98,120)(H,99,125)(H,100,126)(H,101,111)(H,102,112)(H,103,115)(H,104,116)(H,105,117)(H,106,118)(H,107,123)(H,108,124)(H,109,121)(H,110,122)(H4,73,74,89)(H4,75,76,90)(H4,77,78,91)(H4,79,80,92)(H4,81,82,93)(H4,83,84,94)(H4,85,86,95)(H4,87,88,96)/t33-,34-,35-,36-,39-,40-,41-,42-,43-,44-,45-,46-,47-,48-/m1/s1. The van der Waals surface area contributed by atoms with Gasteiger partial charge in [0, 0.05) is 77.7 Å². The van der Waals surface area contributed by atoms with Crippen molar-refractivity contribution in [1.82, 2.24) is 74.4 Å². The van der Waals surface area contributed by atoms with E-state index in [1.54, 1.807) is 0 Å². The van der Waals surface area contributed by atoms with Gasteiger partial charge >= 0.3 is 0 Å². The molecule has 56 nitrogen and oxygen atoms in total. The second-order valence-corrected chi connectivity index (χ2v) is 31.4. The summed E-state index contributed by atoms with van der Waals surface area (Å²) in [6.07, 6.45) is -0.286. The van der Waals surface area contributed by atoms with Gasteiger partial charge in [-0.3, -0.25) is 117 Å². The highest BCUT2D eigenvalue weighted by atomic mass is 33.1. The predicted octanol–water partition coefficient (Wildman–Crippen LogP) is -15.3. The van der Waals surface area contributed by atoms with Crippen molar-refractivity contribution in [2.24, 2.45) is 143 Å². The first-order valence-electron chi connectivity index (χ1n) is 40.5. The Morgan fingerprint density at radius 1 is 0.203 bits per heavy atom. The number of guanidine groups is 8. The van der Waals surface area contributed by atoms with E-state index in [4.69, 9.17) is 103 Å². The first kappa shape index (κ1) is 114. The first-order chi connectivity index (χ1) is 60.0. The molecule has 0 rings (SSSR count). The van der Waals surface area contributed by atoms with Crippen molar-refractivity contribution in [3.8, 4) is 0 Å². The van der Waals surface area contributed by atoms with Crippen LogP contribution in [0.3, 0.4) is 0 Å². The van der Waals surface area contributed by atoms with Crippen molar-refractivity contribution in [1.29, 1.82) is 0 Å². The molecule has 128 heavy (non-hydrogen) atoms. The third-order valence-corrected chi connectivity index (χ3v) is 20.1. The lowest BCUT2D eigenvalue weighted by Crippen LogP contribution is -2.59. The molecule has 0 radical (unpaired) electrons. The van der Waals surface area contributed by atoms with Crippen molar-refractivity contribution in [2.45, 2.75) is 229 Å². The molecule has 0 aliphatic carbocycles. The smallest absolute Gasteiger partial charge is 0.244 e. The zero-order valence-corrected chi connectivity index (χ0v) is 74.4. The van der Waals surface area contributed by atoms with Gasteiger partial charge in [0.05, 0.1) is 0 Å². The lowest BCUT2D eigenvalue weighted by Gasteiger charge is -2.27. The minimum absolute atomic E-state index is 0.0255. The Kier molecular flexibility index (Phi) is 56.6. The highest BCUT2D eigenvalue weighted by molar-refractivity contribution is 8.76. The molecule has 722 valence electrons. The van der Waals surface area contributed by atoms with Crippen molar-refractivity contribution < 1.29 is 76.7 Å². The number of rotatable bonds is 65. The first-order valence-corrected chi connectivity index (χ1v) is 43.0. The Balaban J connectivity index is 6.99. The van der Waals surface area contributed by atoms with Gasteiger partial charge in [0.2, 0.25) is 94.5 Å². The molecule has 0 aromatic heterocycles. The molecule has 50 N–H and O–H groups in total. The summed E-state index contributed by atoms with van der Waals surface area (Å²) in [5, 5.41) is 35.3. The number of nitrogens with two attached hydrogens (primary N) is 18. The molecule has 58 heteroatoms. The Morgan fingerprint density at radius 3 is 0.500 bits per heavy atom. The van der Waals surface area contributed by atoms with E-state index in [0.717, 1.165) is 35.4 Å². The fraction of sp³-hybridized carbons (Fsp3) is 0.657. The van der Waals surface area contributed by atoms with Crippen molar-refractivity contribution >= 4 is 164 Å². The van der Waals surface area contributed by atoms with Crippen LogP contribution in [0.15, 0.2) is 39.9 Å². The fourth-order valence-electron chi connectivity index (χ4n) is 11.1. The number of aliphatic imine (C=N–C) groups is 8. The quantitative estimate of drug-likeness (QED) is 0.0116. The van der Waals surface area contributed by atoms with Gasteiger partial charge in [0.25, 0.3) is 0 Å². The normalized spacial score (nSPS) is 14.0. The number of primary amides is 2. The third kappa shape index (κ3) is 53.5. The molecule has 14 atom stereocenters. The minimum Gasteiger partial charge on any atom is -0.370 e. The van der Waals surface area contributed by atoms with E-state index in [1.165, 1.54) is 27.7 Å². The highest BCUT2D eigenvalue weighted by Gasteiger charge is 2.36. The van der Waals surface area contributed by atoms with Crippen LogP contribution in [0.25, 0.3) is 0 Å². The van der Waals surface area contributed by atoms with Gasteiger partial charge in [-0.05, 0) is 130 Å². The van der Waals surface area contributed by atoms with Crippen LogP contribution in [-0.2, 0) is 76.7 Å². The number of amides is 16. The van der Waals surface area contributed by atoms with Crippen molar-refractivity contribution in [3.05, 3.63) is 0 Å². The molecule has 0 saturated heterocycles. The third-order valence-electron chi connectivity index (χ3n) is 17.6. The molecule has 0 bridgehead atoms. The van der Waals surface area contributed by atoms with Gasteiger partial charge in [0.15, 0.2) is 47.7 Å². The summed E-state index contributed by atoms with van der Waals surface area (Å²) in [7, 11) is 1.84. The number of carbonyl (C=O) groups excluding carboxylic acids is 16. The average molecular weight is 1860 g/mol. The summed E-state index contributed by atoms with van der Waals surface area (Å²) in [6, 6.07) is -19.8. The molecule has 0 saturated carbocycles. The summed E-state index contributed by atoms with van der Waals surface area (Å²) in [4.78, 5) is 250. The predicted molar refractivity (Wildman–Crippen MR) is 484 cm³/mol. The minimum atomic E-state index is -1.51. The molecular weight excluding hydrogens is 1720 g/mol. The Hall–Kier alpha value is -13.6. The summed E-state index contributed by atoms with van der Waals surface area (Å²) < 4.78 is 0. The number of nitrogens with one attached hydrogen (secondary N) is 14. The number of hydrogen-bond donors (Lipinski definition) is 32. The van der Waals surface area contributed by atoms with Gasteiger partial charge in [0.1, 0.15) is 84.6 Å². The Labute approximate surface area is 747 Å². The SMILES string of the molecule is CC(=O)N[C@H](CSSC[C@@H](NC(C)=O)C(=O)N[C@H](C)C(=O)N[C@H](CCCN=C(N)N)C(=O)N[C@H](CCCN=C(N)N)C(=O)N[C@H](CCCN=C(N)N)C(=O)N[C@H](C)C(=O)N[C@H](CCCN=C(N)N)C(N)=O)C(=O)N[C@H](C)C(=O)N[C@H](CCCN=C(N)N)C(=O)N[C@H](CCCN=C(N)N)C(=O)N[C@H](CCCN=C(N)N)C(=O)N[C@H](C)C(=O)N[C@H](CCCN=C(N)N)C(N)=O. The van der Waals surface area contributed by atoms with Crippen molar-refractivity contribution in [2.75, 3.05) is 63.9 Å². The van der Waals surface area contributed by atoms with Gasteiger partial charge in [-0.1, -0.05) is 21.6 Å². The molecule has 0 aliphatic heterocycles. The fourth-order valence-corrected chi connectivity index (χ4v) is 13.4. The van der Waals surface area contributed by atoms with Gasteiger partial charge in [-0.2, -0.15) is 0 Å². The zero-order valence-electron chi connectivity index (χ0n) is 72.8. The van der Waals surface area contributed by atoms with E-state index in [9.17, 15) is 76.7 Å². The van der Waals surface area contributed by atoms with Crippen LogP contribution in [0.4, 0.5) is 0 Å². The topological polar surface area (TPSA) is 1010 Å². The van der Waals surface area contributed by atoms with Gasteiger partial charge < -0.3 is 178 Å². The average Bonchev–Trinajstić information content (AvgIpc) is 0.865. The molecule has 0 aromatic carbocycles. The maximum Gasteiger partial charge on any atom is 0.244 e. The van der Waals surface area contributed by atoms with E-state index in [-0.39, 0.29) is 214 Å². The summed E-state index contributed by atoms with van der Waals surface area (Å²) in [5.74, 6) is -17.0. The second kappa shape index (κ2) is 63.3. The van der Waals surface area contributed by atoms with Crippen LogP contribution in [-0.4, -0.2) is 291 Å². The number of carbonyl (C=O) groups is 16. The molecule has 0 fully saturated rings. The number of nitrogens with zero attached hydrogens (tertiary/aromatic N) is 8. The maximum atomic E-state index is 14.5. The molecule has 0 aromatic rings. The van der Waals surface area contributed by atoms with Crippen LogP contribution >= 0.6 is 21.6 Å². The highest BCUT2D eigenvalue weighted by Crippen LogP contribution is 2.24. The van der Waals surface area contributed by atoms with Crippen LogP contribution in [0.1, 0.15) is 144 Å². The molecule has 16 amide bonds. The van der Waals surface area contributed by atoms with Crippen LogP contribution in [0, 0.1) is 0 Å². The lowest BCUT2D eigenvalue weighted by molar-refractivity contribution is -0.135. The monoisotopic (exact) mass is 1860 g/mol. The van der Waals surface area contributed by atoms with Gasteiger partial charge in [-0.25, -0.2) is 0 Å². The van der Waals surface area contributed by atoms with Crippen LogP contribution in [0.2, 0.25) is 0 Å². The summed E-state index contributed by atoms with van der Waals surface area (Å²) in [6.45, 7) is 7.21. The molecule has 0 aliphatic rings. The summed E-state index contributed by atoms with van der Waals surface area (Å²) >= 11 is 0. The van der Waals surface area contributed by atoms with E-state index in [2.05, 4.69) is 114 Å².